The summed E-state index contributed by atoms with van der Waals surface area (Å²) in [5, 5.41) is 23.4. The molecule has 0 saturated carbocycles. The Labute approximate surface area is 469 Å². The Bertz CT molecular complexity index is 1170. The van der Waals surface area contributed by atoms with Crippen LogP contribution < -0.4 is 5.32 Å². The minimum Gasteiger partial charge on any atom is -0.466 e. The SMILES string of the molecule is CCCCC/C=C\C/C=C\CCCCCCCCCC(=O)OCCCCCCCCCCCCCCCCCCCCCCCCCC(=O)NC(CO)C(O)CCCCCCCCCCCCCCCCCCCC. The maximum absolute atomic E-state index is 12.5. The highest BCUT2D eigenvalue weighted by atomic mass is 16.5. The first-order valence-corrected chi connectivity index (χ1v) is 34.1. The average molecular weight is 1060 g/mol. The number of nitrogens with one attached hydrogen (secondary N) is 1. The standard InChI is InChI=1S/C69H133NO5/c1-3-5-7-9-11-13-15-17-19-21-30-33-37-41-45-49-53-57-61-67(72)66(65-71)70-68(73)62-58-54-50-46-42-38-34-31-27-25-23-22-24-26-28-32-36-40-44-48-52-56-60-64-75-69(74)63-59-55-51-47-43-39-35-29-20-18-16-14-12-10-8-6-4-2/h12,14,18,20,66-67,71-72H,3-11,13,15-17,19,21-65H2,1-2H3,(H,70,73)/b14-12-,20-18-. The molecule has 0 aliphatic rings. The fourth-order valence-corrected chi connectivity index (χ4v) is 10.8. The molecule has 6 nitrogen and oxygen atoms in total. The van der Waals surface area contributed by atoms with Crippen molar-refractivity contribution >= 4 is 11.9 Å². The quantitative estimate of drug-likeness (QED) is 0.0320. The summed E-state index contributed by atoms with van der Waals surface area (Å²) in [5.41, 5.74) is 0. The molecular weight excluding hydrogens is 923 g/mol. The first-order chi connectivity index (χ1) is 37.0. The summed E-state index contributed by atoms with van der Waals surface area (Å²) < 4.78 is 5.50. The molecule has 0 aromatic heterocycles. The van der Waals surface area contributed by atoms with Crippen molar-refractivity contribution in [1.29, 1.82) is 0 Å². The molecule has 0 aromatic rings. The molecule has 0 fully saturated rings. The lowest BCUT2D eigenvalue weighted by Gasteiger charge is -2.22. The number of amides is 1. The summed E-state index contributed by atoms with van der Waals surface area (Å²) in [4.78, 5) is 24.6. The van der Waals surface area contributed by atoms with Crippen LogP contribution in [-0.2, 0) is 14.3 Å². The highest BCUT2D eigenvalue weighted by molar-refractivity contribution is 5.76. The van der Waals surface area contributed by atoms with Crippen LogP contribution in [0.25, 0.3) is 0 Å². The molecule has 0 aliphatic heterocycles. The molecule has 2 atom stereocenters. The minimum absolute atomic E-state index is 0.00745. The van der Waals surface area contributed by atoms with Crippen LogP contribution in [0.2, 0.25) is 0 Å². The van der Waals surface area contributed by atoms with Gasteiger partial charge in [-0.1, -0.05) is 334 Å². The summed E-state index contributed by atoms with van der Waals surface area (Å²) >= 11 is 0. The van der Waals surface area contributed by atoms with Crippen molar-refractivity contribution in [3.05, 3.63) is 24.3 Å². The number of aliphatic hydroxyl groups is 2. The molecule has 6 heteroatoms. The van der Waals surface area contributed by atoms with E-state index in [0.29, 0.717) is 25.9 Å². The van der Waals surface area contributed by atoms with Crippen LogP contribution >= 0.6 is 0 Å². The number of ether oxygens (including phenoxy) is 1. The van der Waals surface area contributed by atoms with Gasteiger partial charge in [0.1, 0.15) is 0 Å². The van der Waals surface area contributed by atoms with Gasteiger partial charge in [0.15, 0.2) is 0 Å². The molecule has 444 valence electrons. The molecule has 3 N–H and O–H groups in total. The number of hydrogen-bond donors (Lipinski definition) is 3. The Balaban J connectivity index is 3.37. The summed E-state index contributed by atoms with van der Waals surface area (Å²) in [5.74, 6) is -0.0235. The molecule has 0 aromatic carbocycles. The zero-order chi connectivity index (χ0) is 54.3. The molecule has 0 spiro atoms. The van der Waals surface area contributed by atoms with Gasteiger partial charge in [-0.15, -0.1) is 0 Å². The second kappa shape index (κ2) is 64.9. The fraction of sp³-hybridized carbons (Fsp3) is 0.913. The maximum atomic E-state index is 12.5. The van der Waals surface area contributed by atoms with Crippen molar-refractivity contribution in [3.63, 3.8) is 0 Å². The van der Waals surface area contributed by atoms with Crippen LogP contribution in [0.5, 0.6) is 0 Å². The van der Waals surface area contributed by atoms with Gasteiger partial charge in [-0.3, -0.25) is 9.59 Å². The molecule has 0 heterocycles. The first kappa shape index (κ1) is 73.3. The van der Waals surface area contributed by atoms with Crippen molar-refractivity contribution in [2.45, 2.75) is 392 Å². The van der Waals surface area contributed by atoms with E-state index >= 15 is 0 Å². The minimum atomic E-state index is -0.664. The monoisotopic (exact) mass is 1060 g/mol. The van der Waals surface area contributed by atoms with Crippen molar-refractivity contribution in [2.24, 2.45) is 0 Å². The van der Waals surface area contributed by atoms with Crippen molar-refractivity contribution in [1.82, 2.24) is 5.32 Å². The molecule has 1 amide bonds. The van der Waals surface area contributed by atoms with E-state index in [0.717, 1.165) is 51.4 Å². The van der Waals surface area contributed by atoms with E-state index in [-0.39, 0.29) is 18.5 Å². The van der Waals surface area contributed by atoms with E-state index in [1.807, 2.05) is 0 Å². The van der Waals surface area contributed by atoms with Crippen LogP contribution in [0, 0.1) is 0 Å². The summed E-state index contributed by atoms with van der Waals surface area (Å²) in [6.07, 6.45) is 80.6. The van der Waals surface area contributed by atoms with Crippen LogP contribution in [-0.4, -0.2) is 47.4 Å². The molecular formula is C69H133NO5. The lowest BCUT2D eigenvalue weighted by molar-refractivity contribution is -0.143. The highest BCUT2D eigenvalue weighted by Gasteiger charge is 2.20. The molecule has 75 heavy (non-hydrogen) atoms. The van der Waals surface area contributed by atoms with Gasteiger partial charge in [-0.25, -0.2) is 0 Å². The Morgan fingerprint density at radius 1 is 0.373 bits per heavy atom. The number of unbranched alkanes of at least 4 members (excludes halogenated alkanes) is 49. The second-order valence-electron chi connectivity index (χ2n) is 23.5. The zero-order valence-electron chi connectivity index (χ0n) is 50.8. The number of allylic oxidation sites excluding steroid dienone is 4. The molecule has 2 unspecified atom stereocenters. The second-order valence-corrected chi connectivity index (χ2v) is 23.5. The van der Waals surface area contributed by atoms with E-state index in [4.69, 9.17) is 4.74 Å². The Morgan fingerprint density at radius 2 is 0.667 bits per heavy atom. The molecule has 0 rings (SSSR count). The van der Waals surface area contributed by atoms with E-state index in [1.54, 1.807) is 0 Å². The van der Waals surface area contributed by atoms with Gasteiger partial charge < -0.3 is 20.3 Å². The lowest BCUT2D eigenvalue weighted by Crippen LogP contribution is -2.45. The number of hydrogen-bond acceptors (Lipinski definition) is 5. The normalized spacial score (nSPS) is 12.6. The average Bonchev–Trinajstić information content (AvgIpc) is 3.41. The predicted octanol–water partition coefficient (Wildman–Crippen LogP) is 21.8. The van der Waals surface area contributed by atoms with Gasteiger partial charge >= 0.3 is 5.97 Å². The molecule has 0 saturated heterocycles. The van der Waals surface area contributed by atoms with Gasteiger partial charge in [0.2, 0.25) is 5.91 Å². The number of carbonyl (C=O) groups is 2. The van der Waals surface area contributed by atoms with Crippen LogP contribution in [0.3, 0.4) is 0 Å². The summed E-state index contributed by atoms with van der Waals surface area (Å²) in [6, 6.07) is -0.541. The lowest BCUT2D eigenvalue weighted by atomic mass is 10.0. The third-order valence-electron chi connectivity index (χ3n) is 16.0. The van der Waals surface area contributed by atoms with Crippen molar-refractivity contribution < 1.29 is 24.5 Å². The Hall–Kier alpha value is -1.66. The van der Waals surface area contributed by atoms with E-state index in [2.05, 4.69) is 43.5 Å². The third kappa shape index (κ3) is 61.4. The van der Waals surface area contributed by atoms with Gasteiger partial charge in [0, 0.05) is 12.8 Å². The number of rotatable bonds is 64. The summed E-state index contributed by atoms with van der Waals surface area (Å²) in [6.45, 7) is 4.96. The number of aliphatic hydroxyl groups excluding tert-OH is 2. The van der Waals surface area contributed by atoms with Gasteiger partial charge in [-0.2, -0.15) is 0 Å². The number of esters is 1. The topological polar surface area (TPSA) is 95.9 Å². The summed E-state index contributed by atoms with van der Waals surface area (Å²) in [7, 11) is 0. The molecule has 0 aliphatic carbocycles. The van der Waals surface area contributed by atoms with Gasteiger partial charge in [0.25, 0.3) is 0 Å². The van der Waals surface area contributed by atoms with E-state index < -0.39 is 12.1 Å². The Morgan fingerprint density at radius 3 is 1.04 bits per heavy atom. The predicted molar refractivity (Wildman–Crippen MR) is 329 cm³/mol. The number of carbonyl (C=O) groups excluding carboxylic acids is 2. The van der Waals surface area contributed by atoms with E-state index in [1.165, 1.54) is 295 Å². The van der Waals surface area contributed by atoms with Crippen LogP contribution in [0.1, 0.15) is 380 Å². The smallest absolute Gasteiger partial charge is 0.305 e. The molecule has 0 bridgehead atoms. The molecule has 0 radical (unpaired) electrons. The maximum Gasteiger partial charge on any atom is 0.305 e. The van der Waals surface area contributed by atoms with Crippen LogP contribution in [0.4, 0.5) is 0 Å². The fourth-order valence-electron chi connectivity index (χ4n) is 10.8. The third-order valence-corrected chi connectivity index (χ3v) is 16.0. The van der Waals surface area contributed by atoms with E-state index in [9.17, 15) is 19.8 Å². The van der Waals surface area contributed by atoms with Crippen molar-refractivity contribution in [3.8, 4) is 0 Å². The van der Waals surface area contributed by atoms with Gasteiger partial charge in [0.05, 0.1) is 25.4 Å². The van der Waals surface area contributed by atoms with Gasteiger partial charge in [-0.05, 0) is 57.8 Å². The Kier molecular flexibility index (Phi) is 63.4. The highest BCUT2D eigenvalue weighted by Crippen LogP contribution is 2.19. The first-order valence-electron chi connectivity index (χ1n) is 34.1. The largest absolute Gasteiger partial charge is 0.466 e. The zero-order valence-corrected chi connectivity index (χ0v) is 50.8. The van der Waals surface area contributed by atoms with Crippen molar-refractivity contribution in [2.75, 3.05) is 13.2 Å². The van der Waals surface area contributed by atoms with Crippen LogP contribution in [0.15, 0.2) is 24.3 Å².